The minimum atomic E-state index is -0.405. The van der Waals surface area contributed by atoms with Gasteiger partial charge in [0.1, 0.15) is 5.69 Å². The van der Waals surface area contributed by atoms with E-state index in [0.29, 0.717) is 23.9 Å². The van der Waals surface area contributed by atoms with Gasteiger partial charge in [-0.1, -0.05) is 19.9 Å². The van der Waals surface area contributed by atoms with Gasteiger partial charge in [-0.15, -0.1) is 0 Å². The van der Waals surface area contributed by atoms with E-state index in [-0.39, 0.29) is 0 Å². The number of fused-ring (bicyclic) bond motifs is 1. The average Bonchev–Trinajstić information content (AvgIpc) is 2.67. The van der Waals surface area contributed by atoms with Gasteiger partial charge in [0.15, 0.2) is 0 Å². The van der Waals surface area contributed by atoms with E-state index in [9.17, 15) is 4.79 Å². The molecule has 4 heteroatoms. The molecule has 0 unspecified atom stereocenters. The second-order valence-corrected chi connectivity index (χ2v) is 4.59. The maximum absolute atomic E-state index is 11.7. The largest absolute Gasteiger partial charge is 0.461 e. The Hall–Kier alpha value is -1.97. The molecule has 1 aromatic heterocycles. The number of hydrogen-bond acceptors (Lipinski definition) is 3. The van der Waals surface area contributed by atoms with E-state index in [1.54, 1.807) is 6.92 Å². The summed E-state index contributed by atoms with van der Waals surface area (Å²) in [7, 11) is 0. The molecule has 0 saturated carbocycles. The number of aromatic nitrogens is 1. The minimum Gasteiger partial charge on any atom is -0.461 e. The molecule has 0 amide bonds. The normalized spacial score (nSPS) is 11.1. The molecular formula is C14H18N2O2. The van der Waals surface area contributed by atoms with Crippen LogP contribution < -0.4 is 5.73 Å². The number of rotatable bonds is 3. The van der Waals surface area contributed by atoms with Crippen molar-refractivity contribution in [1.29, 1.82) is 0 Å². The summed E-state index contributed by atoms with van der Waals surface area (Å²) in [5.41, 5.74) is 8.87. The number of carbonyl (C=O) groups is 1. The number of hydrogen-bond donors (Lipinski definition) is 2. The van der Waals surface area contributed by atoms with Crippen LogP contribution in [0.5, 0.6) is 0 Å². The smallest absolute Gasteiger partial charge is 0.356 e. The number of aromatic amines is 1. The first-order valence-electron chi connectivity index (χ1n) is 6.12. The summed E-state index contributed by atoms with van der Waals surface area (Å²) in [6.45, 7) is 6.35. The number of nitrogens with two attached hydrogens (primary N) is 1. The molecule has 0 atom stereocenters. The highest BCUT2D eigenvalue weighted by molar-refractivity contribution is 6.05. The van der Waals surface area contributed by atoms with Gasteiger partial charge in [0.05, 0.1) is 12.3 Å². The predicted molar refractivity (Wildman–Crippen MR) is 72.8 cm³/mol. The highest BCUT2D eigenvalue weighted by Gasteiger charge is 2.17. The molecule has 0 fully saturated rings. The van der Waals surface area contributed by atoms with Crippen LogP contribution in [0.3, 0.4) is 0 Å². The number of carbonyl (C=O) groups excluding carboxylic acids is 1. The maximum atomic E-state index is 11.7. The molecule has 2 rings (SSSR count). The van der Waals surface area contributed by atoms with Gasteiger partial charge in [-0.05, 0) is 30.5 Å². The van der Waals surface area contributed by atoms with E-state index >= 15 is 0 Å². The van der Waals surface area contributed by atoms with Crippen molar-refractivity contribution in [3.8, 4) is 0 Å². The topological polar surface area (TPSA) is 68.1 Å². The molecule has 18 heavy (non-hydrogen) atoms. The van der Waals surface area contributed by atoms with Gasteiger partial charge in [0, 0.05) is 10.9 Å². The first-order chi connectivity index (χ1) is 8.54. The molecule has 0 aliphatic rings. The van der Waals surface area contributed by atoms with Gasteiger partial charge < -0.3 is 15.5 Å². The van der Waals surface area contributed by atoms with Gasteiger partial charge in [0.25, 0.3) is 0 Å². The van der Waals surface area contributed by atoms with Crippen LogP contribution in [-0.2, 0) is 4.74 Å². The third-order valence-electron chi connectivity index (χ3n) is 3.01. The molecule has 0 saturated heterocycles. The van der Waals surface area contributed by atoms with Crippen molar-refractivity contribution in [1.82, 2.24) is 4.98 Å². The van der Waals surface area contributed by atoms with E-state index in [1.807, 2.05) is 18.2 Å². The van der Waals surface area contributed by atoms with Gasteiger partial charge in [-0.3, -0.25) is 0 Å². The Morgan fingerprint density at radius 2 is 2.17 bits per heavy atom. The number of benzene rings is 1. The van der Waals surface area contributed by atoms with Crippen molar-refractivity contribution in [2.24, 2.45) is 0 Å². The van der Waals surface area contributed by atoms with Crippen LogP contribution >= 0.6 is 0 Å². The molecule has 3 N–H and O–H groups in total. The molecule has 1 heterocycles. The van der Waals surface area contributed by atoms with Crippen LogP contribution in [0.25, 0.3) is 10.9 Å². The molecule has 0 radical (unpaired) electrons. The van der Waals surface area contributed by atoms with Crippen molar-refractivity contribution < 1.29 is 9.53 Å². The van der Waals surface area contributed by atoms with E-state index in [2.05, 4.69) is 18.8 Å². The zero-order chi connectivity index (χ0) is 13.3. The minimum absolute atomic E-state index is 0.338. The summed E-state index contributed by atoms with van der Waals surface area (Å²) >= 11 is 0. The Morgan fingerprint density at radius 3 is 2.78 bits per heavy atom. The standard InChI is InChI=1S/C14H18N2O2/c1-4-18-14(17)13-12(15)10-7-9(8(2)3)5-6-11(10)16-13/h5-8,16H,4,15H2,1-3H3. The lowest BCUT2D eigenvalue weighted by Crippen LogP contribution is -2.07. The van der Waals surface area contributed by atoms with E-state index < -0.39 is 5.97 Å². The van der Waals surface area contributed by atoms with Crippen molar-refractivity contribution in [2.45, 2.75) is 26.7 Å². The molecule has 0 aliphatic carbocycles. The van der Waals surface area contributed by atoms with Crippen LogP contribution in [0.2, 0.25) is 0 Å². The van der Waals surface area contributed by atoms with Gasteiger partial charge in [-0.2, -0.15) is 0 Å². The van der Waals surface area contributed by atoms with Crippen molar-refractivity contribution >= 4 is 22.6 Å². The fraction of sp³-hybridized carbons (Fsp3) is 0.357. The lowest BCUT2D eigenvalue weighted by atomic mass is 10.0. The Kier molecular flexibility index (Phi) is 3.28. The highest BCUT2D eigenvalue weighted by Crippen LogP contribution is 2.28. The molecule has 0 bridgehead atoms. The number of anilines is 1. The van der Waals surface area contributed by atoms with Gasteiger partial charge in [-0.25, -0.2) is 4.79 Å². The van der Waals surface area contributed by atoms with Gasteiger partial charge in [0.2, 0.25) is 0 Å². The quantitative estimate of drug-likeness (QED) is 0.818. The summed E-state index contributed by atoms with van der Waals surface area (Å²) < 4.78 is 4.97. The Morgan fingerprint density at radius 1 is 1.44 bits per heavy atom. The molecule has 96 valence electrons. The van der Waals surface area contributed by atoms with Crippen molar-refractivity contribution in [2.75, 3.05) is 12.3 Å². The summed E-state index contributed by atoms with van der Waals surface area (Å²) in [5.74, 6) is 0.0204. The summed E-state index contributed by atoms with van der Waals surface area (Å²) in [6.07, 6.45) is 0. The van der Waals surface area contributed by atoms with E-state index in [0.717, 1.165) is 10.9 Å². The molecule has 0 aliphatic heterocycles. The first-order valence-corrected chi connectivity index (χ1v) is 6.12. The molecule has 0 spiro atoms. The third kappa shape index (κ3) is 2.06. The van der Waals surface area contributed by atoms with Crippen LogP contribution in [0, 0.1) is 0 Å². The molecular weight excluding hydrogens is 228 g/mol. The predicted octanol–water partition coefficient (Wildman–Crippen LogP) is 3.05. The average molecular weight is 246 g/mol. The lowest BCUT2D eigenvalue weighted by molar-refractivity contribution is 0.0522. The lowest BCUT2D eigenvalue weighted by Gasteiger charge is -2.04. The number of nitrogen functional groups attached to an aromatic ring is 1. The Bertz CT molecular complexity index is 585. The zero-order valence-electron chi connectivity index (χ0n) is 10.9. The van der Waals surface area contributed by atoms with Crippen LogP contribution in [-0.4, -0.2) is 17.6 Å². The fourth-order valence-electron chi connectivity index (χ4n) is 1.95. The first kappa shape index (κ1) is 12.5. The number of esters is 1. The summed E-state index contributed by atoms with van der Waals surface area (Å²) in [4.78, 5) is 14.7. The molecule has 4 nitrogen and oxygen atoms in total. The van der Waals surface area contributed by atoms with Gasteiger partial charge >= 0.3 is 5.97 Å². The second-order valence-electron chi connectivity index (χ2n) is 4.59. The fourth-order valence-corrected chi connectivity index (χ4v) is 1.95. The zero-order valence-corrected chi connectivity index (χ0v) is 10.9. The third-order valence-corrected chi connectivity index (χ3v) is 3.01. The molecule has 2 aromatic rings. The van der Waals surface area contributed by atoms with E-state index in [4.69, 9.17) is 10.5 Å². The number of H-pyrrole nitrogens is 1. The summed E-state index contributed by atoms with van der Waals surface area (Å²) in [6, 6.07) is 6.01. The van der Waals surface area contributed by atoms with Crippen LogP contribution in [0.4, 0.5) is 5.69 Å². The van der Waals surface area contributed by atoms with Crippen LogP contribution in [0.15, 0.2) is 18.2 Å². The monoisotopic (exact) mass is 246 g/mol. The Labute approximate surface area is 106 Å². The SMILES string of the molecule is CCOC(=O)c1[nH]c2ccc(C(C)C)cc2c1N. The van der Waals surface area contributed by atoms with Crippen LogP contribution in [0.1, 0.15) is 42.7 Å². The van der Waals surface area contributed by atoms with Crippen molar-refractivity contribution in [3.63, 3.8) is 0 Å². The maximum Gasteiger partial charge on any atom is 0.356 e. The summed E-state index contributed by atoms with van der Waals surface area (Å²) in [5, 5.41) is 0.879. The Balaban J connectivity index is 2.53. The second kappa shape index (κ2) is 4.72. The van der Waals surface area contributed by atoms with E-state index in [1.165, 1.54) is 5.56 Å². The number of ether oxygens (including phenoxy) is 1. The number of nitrogens with one attached hydrogen (secondary N) is 1. The highest BCUT2D eigenvalue weighted by atomic mass is 16.5. The van der Waals surface area contributed by atoms with Crippen molar-refractivity contribution in [3.05, 3.63) is 29.5 Å². The molecule has 1 aromatic carbocycles.